The summed E-state index contributed by atoms with van der Waals surface area (Å²) in [5.74, 6) is 0.961. The Hall–Kier alpha value is -1.44. The number of thioether (sulfide) groups is 1. The molecule has 0 spiro atoms. The summed E-state index contributed by atoms with van der Waals surface area (Å²) in [7, 11) is 0. The number of amides is 1. The van der Waals surface area contributed by atoms with Gasteiger partial charge in [0.05, 0.1) is 12.1 Å². The Morgan fingerprint density at radius 3 is 2.83 bits per heavy atom. The standard InChI is InChI=1S/C16H28N4O3S/c17-16-19-11-10-24-12(15(11)20-16)6-3-4-7-13(21)18-9-5-1-2-8-14(22)23/h11-12,15H,1-10H2,(H,18,21)(H,22,23)(H3,17,19,20)/t11-,12-,15-/m0/s1. The first kappa shape index (κ1) is 18.9. The summed E-state index contributed by atoms with van der Waals surface area (Å²) in [6.45, 7) is 0.639. The highest BCUT2D eigenvalue weighted by atomic mass is 32.2. The van der Waals surface area contributed by atoms with E-state index in [9.17, 15) is 9.59 Å². The van der Waals surface area contributed by atoms with Gasteiger partial charge in [-0.15, -0.1) is 0 Å². The monoisotopic (exact) mass is 356 g/mol. The summed E-state index contributed by atoms with van der Waals surface area (Å²) < 4.78 is 0. The van der Waals surface area contributed by atoms with Crippen LogP contribution in [0.4, 0.5) is 0 Å². The van der Waals surface area contributed by atoms with E-state index in [2.05, 4.69) is 15.6 Å². The van der Waals surface area contributed by atoms with Crippen molar-refractivity contribution in [2.75, 3.05) is 12.3 Å². The summed E-state index contributed by atoms with van der Waals surface area (Å²) in [5, 5.41) is 15.2. The Kier molecular flexibility index (Phi) is 7.68. The van der Waals surface area contributed by atoms with Crippen LogP contribution < -0.4 is 16.4 Å². The maximum Gasteiger partial charge on any atom is 0.303 e. The van der Waals surface area contributed by atoms with E-state index in [1.165, 1.54) is 0 Å². The summed E-state index contributed by atoms with van der Waals surface area (Å²) in [6, 6.07) is 0.694. The predicted molar refractivity (Wildman–Crippen MR) is 96.2 cm³/mol. The average molecular weight is 356 g/mol. The van der Waals surface area contributed by atoms with E-state index in [-0.39, 0.29) is 12.3 Å². The number of nitrogens with one attached hydrogen (secondary N) is 2. The number of fused-ring (bicyclic) bond motifs is 1. The number of carboxylic acids is 1. The lowest BCUT2D eigenvalue weighted by Crippen LogP contribution is -2.38. The van der Waals surface area contributed by atoms with Crippen molar-refractivity contribution in [3.05, 3.63) is 0 Å². The molecule has 136 valence electrons. The lowest BCUT2D eigenvalue weighted by Gasteiger charge is -2.14. The number of carbonyl (C=O) groups excluding carboxylic acids is 1. The molecule has 0 saturated carbocycles. The zero-order valence-electron chi connectivity index (χ0n) is 14.0. The fourth-order valence-electron chi connectivity index (χ4n) is 3.15. The topological polar surface area (TPSA) is 117 Å². The Bertz CT molecular complexity index is 472. The molecule has 2 aliphatic rings. The van der Waals surface area contributed by atoms with Crippen LogP contribution in [0.25, 0.3) is 0 Å². The first-order valence-corrected chi connectivity index (χ1v) is 9.81. The van der Waals surface area contributed by atoms with Crippen molar-refractivity contribution in [2.45, 2.75) is 68.7 Å². The van der Waals surface area contributed by atoms with E-state index in [0.29, 0.717) is 42.7 Å². The molecule has 2 rings (SSSR count). The molecule has 2 aliphatic heterocycles. The molecule has 0 aromatic carbocycles. The number of hydrogen-bond acceptors (Lipinski definition) is 6. The molecule has 0 radical (unpaired) electrons. The van der Waals surface area contributed by atoms with Gasteiger partial charge in [0.15, 0.2) is 5.96 Å². The van der Waals surface area contributed by atoms with E-state index >= 15 is 0 Å². The first-order chi connectivity index (χ1) is 11.6. The van der Waals surface area contributed by atoms with E-state index in [4.69, 9.17) is 10.8 Å². The number of unbranched alkanes of at least 4 members (excludes halogenated alkanes) is 3. The lowest BCUT2D eigenvalue weighted by atomic mass is 10.0. The summed E-state index contributed by atoms with van der Waals surface area (Å²) >= 11 is 1.95. The SMILES string of the molecule is NC1=N[C@H]2[C@H](CS[C@H]2CCCCC(=O)NCCCCCC(=O)O)N1. The fourth-order valence-corrected chi connectivity index (χ4v) is 4.67. The second kappa shape index (κ2) is 9.76. The van der Waals surface area contributed by atoms with E-state index in [1.807, 2.05) is 11.8 Å². The number of nitrogens with zero attached hydrogens (tertiary/aromatic N) is 1. The van der Waals surface area contributed by atoms with Gasteiger partial charge in [-0.05, 0) is 25.7 Å². The predicted octanol–water partition coefficient (Wildman–Crippen LogP) is 1.08. The highest BCUT2D eigenvalue weighted by Crippen LogP contribution is 2.35. The van der Waals surface area contributed by atoms with Crippen LogP contribution in [0.1, 0.15) is 51.4 Å². The van der Waals surface area contributed by atoms with Crippen LogP contribution in [0.5, 0.6) is 0 Å². The summed E-state index contributed by atoms with van der Waals surface area (Å²) in [6.07, 6.45) is 6.12. The fraction of sp³-hybridized carbons (Fsp3) is 0.812. The van der Waals surface area contributed by atoms with Crippen molar-refractivity contribution in [3.63, 3.8) is 0 Å². The molecule has 8 heteroatoms. The van der Waals surface area contributed by atoms with Crippen LogP contribution in [0.2, 0.25) is 0 Å². The quantitative estimate of drug-likeness (QED) is 0.412. The molecular weight excluding hydrogens is 328 g/mol. The molecule has 1 fully saturated rings. The van der Waals surface area contributed by atoms with Crippen LogP contribution in [-0.2, 0) is 9.59 Å². The molecular formula is C16H28N4O3S. The number of rotatable bonds is 11. The minimum atomic E-state index is -0.757. The third-order valence-corrected chi connectivity index (χ3v) is 5.93. The smallest absolute Gasteiger partial charge is 0.303 e. The van der Waals surface area contributed by atoms with Crippen molar-refractivity contribution in [3.8, 4) is 0 Å². The van der Waals surface area contributed by atoms with Gasteiger partial charge in [0.25, 0.3) is 0 Å². The van der Waals surface area contributed by atoms with Crippen molar-refractivity contribution in [2.24, 2.45) is 10.7 Å². The minimum absolute atomic E-state index is 0.0926. The molecule has 3 atom stereocenters. The Balaban J connectivity index is 1.46. The summed E-state index contributed by atoms with van der Waals surface area (Å²) in [4.78, 5) is 26.6. The van der Waals surface area contributed by atoms with Crippen LogP contribution in [-0.4, -0.2) is 52.6 Å². The molecule has 1 saturated heterocycles. The molecule has 5 N–H and O–H groups in total. The number of carboxylic acid groups (broad SMARTS) is 1. The van der Waals surface area contributed by atoms with Crippen molar-refractivity contribution < 1.29 is 14.7 Å². The van der Waals surface area contributed by atoms with E-state index in [0.717, 1.165) is 37.9 Å². The molecule has 0 aliphatic carbocycles. The van der Waals surface area contributed by atoms with Crippen LogP contribution in [0.15, 0.2) is 4.99 Å². The minimum Gasteiger partial charge on any atom is -0.481 e. The van der Waals surface area contributed by atoms with Gasteiger partial charge < -0.3 is 21.5 Å². The molecule has 24 heavy (non-hydrogen) atoms. The molecule has 0 aromatic heterocycles. The first-order valence-electron chi connectivity index (χ1n) is 8.76. The van der Waals surface area contributed by atoms with Crippen molar-refractivity contribution in [1.29, 1.82) is 0 Å². The number of nitrogens with two attached hydrogens (primary N) is 1. The van der Waals surface area contributed by atoms with Crippen LogP contribution >= 0.6 is 11.8 Å². The number of aliphatic imine (C=N–C) groups is 1. The third kappa shape index (κ3) is 6.22. The van der Waals surface area contributed by atoms with Gasteiger partial charge in [-0.1, -0.05) is 12.8 Å². The van der Waals surface area contributed by atoms with Crippen LogP contribution in [0, 0.1) is 0 Å². The van der Waals surface area contributed by atoms with Gasteiger partial charge in [0.1, 0.15) is 0 Å². The largest absolute Gasteiger partial charge is 0.481 e. The van der Waals surface area contributed by atoms with E-state index < -0.39 is 5.97 Å². The molecule has 1 amide bonds. The summed E-state index contributed by atoms with van der Waals surface area (Å²) in [5.41, 5.74) is 5.72. The van der Waals surface area contributed by atoms with E-state index in [1.54, 1.807) is 0 Å². The maximum absolute atomic E-state index is 11.7. The maximum atomic E-state index is 11.7. The zero-order chi connectivity index (χ0) is 17.4. The lowest BCUT2D eigenvalue weighted by molar-refractivity contribution is -0.137. The second-order valence-electron chi connectivity index (χ2n) is 6.43. The van der Waals surface area contributed by atoms with Gasteiger partial charge in [-0.3, -0.25) is 9.59 Å². The molecule has 0 bridgehead atoms. The van der Waals surface area contributed by atoms with Gasteiger partial charge in [-0.25, -0.2) is 4.99 Å². The Morgan fingerprint density at radius 2 is 2.04 bits per heavy atom. The number of guanidine groups is 1. The number of aliphatic carboxylic acids is 1. The van der Waals surface area contributed by atoms with Crippen molar-refractivity contribution in [1.82, 2.24) is 10.6 Å². The zero-order valence-corrected chi connectivity index (χ0v) is 14.8. The highest BCUT2D eigenvalue weighted by Gasteiger charge is 2.39. The van der Waals surface area contributed by atoms with Crippen molar-refractivity contribution >= 4 is 29.6 Å². The Morgan fingerprint density at radius 1 is 1.25 bits per heavy atom. The Labute approximate surface area is 147 Å². The third-order valence-electron chi connectivity index (χ3n) is 4.44. The van der Waals surface area contributed by atoms with Gasteiger partial charge >= 0.3 is 5.97 Å². The molecule has 7 nitrogen and oxygen atoms in total. The van der Waals surface area contributed by atoms with Gasteiger partial charge in [0.2, 0.25) is 5.91 Å². The van der Waals surface area contributed by atoms with Crippen LogP contribution in [0.3, 0.4) is 0 Å². The van der Waals surface area contributed by atoms with Gasteiger partial charge in [-0.2, -0.15) is 11.8 Å². The molecule has 0 unspecified atom stereocenters. The highest BCUT2D eigenvalue weighted by molar-refractivity contribution is 8.00. The second-order valence-corrected chi connectivity index (χ2v) is 7.70. The average Bonchev–Trinajstić information content (AvgIpc) is 3.06. The number of carbonyl (C=O) groups is 2. The molecule has 0 aromatic rings. The van der Waals surface area contributed by atoms with Gasteiger partial charge in [0, 0.05) is 30.4 Å². The number of hydrogen-bond donors (Lipinski definition) is 4. The normalized spacial score (nSPS) is 25.0. The molecule has 2 heterocycles.